The Bertz CT molecular complexity index is 1120. The summed E-state index contributed by atoms with van der Waals surface area (Å²) in [6.07, 6.45) is 9.76. The number of anilines is 2. The Morgan fingerprint density at radius 2 is 1.63 bits per heavy atom. The maximum atomic E-state index is 14.0. The molecule has 1 N–H and O–H groups in total. The number of rotatable bonds is 6. The number of amides is 2. The molecule has 4 aliphatic rings. The van der Waals surface area contributed by atoms with Crippen LogP contribution in [0.3, 0.4) is 0 Å². The van der Waals surface area contributed by atoms with Crippen LogP contribution in [0.4, 0.5) is 16.4 Å². The lowest BCUT2D eigenvalue weighted by atomic mass is 9.67. The molecule has 2 saturated heterocycles. The van der Waals surface area contributed by atoms with E-state index >= 15 is 0 Å². The van der Waals surface area contributed by atoms with E-state index in [0.29, 0.717) is 32.3 Å². The van der Waals surface area contributed by atoms with Crippen LogP contribution in [-0.2, 0) is 10.3 Å². The number of ether oxygens (including phenoxy) is 1. The number of β-amino-alcohol motifs (C(OH)–C–C–N with tert-alkyl or cyclic N) is 1. The van der Waals surface area contributed by atoms with Gasteiger partial charge in [-0.2, -0.15) is 0 Å². The molecule has 3 heterocycles. The molecule has 9 nitrogen and oxygen atoms in total. The van der Waals surface area contributed by atoms with Gasteiger partial charge in [0.1, 0.15) is 0 Å². The molecule has 0 bridgehead atoms. The smallest absolute Gasteiger partial charge is 0.325 e. The third kappa shape index (κ3) is 4.34. The third-order valence-electron chi connectivity index (χ3n) is 9.63. The Balaban J connectivity index is 1.27. The summed E-state index contributed by atoms with van der Waals surface area (Å²) in [5, 5.41) is 11.1. The highest BCUT2D eigenvalue weighted by molar-refractivity contribution is 5.95. The average molecular weight is 521 g/mol. The van der Waals surface area contributed by atoms with Crippen molar-refractivity contribution in [3.8, 4) is 0 Å². The van der Waals surface area contributed by atoms with Crippen molar-refractivity contribution in [2.45, 2.75) is 61.6 Å². The lowest BCUT2D eigenvalue weighted by Gasteiger charge is -2.52. The monoisotopic (exact) mass is 520 g/mol. The normalized spacial score (nSPS) is 29.3. The highest BCUT2D eigenvalue weighted by Crippen LogP contribution is 2.50. The van der Waals surface area contributed by atoms with Crippen LogP contribution in [0.15, 0.2) is 42.7 Å². The summed E-state index contributed by atoms with van der Waals surface area (Å²) in [4.78, 5) is 31.6. The molecule has 9 heteroatoms. The number of nitrogens with zero attached hydrogens (tertiary/aromatic N) is 6. The first-order valence-corrected chi connectivity index (χ1v) is 14.0. The highest BCUT2D eigenvalue weighted by atomic mass is 16.5. The van der Waals surface area contributed by atoms with Crippen molar-refractivity contribution in [1.82, 2.24) is 19.8 Å². The molecule has 204 valence electrons. The Hall–Kier alpha value is -2.75. The number of aromatic nitrogens is 2. The van der Waals surface area contributed by atoms with Crippen LogP contribution in [0.5, 0.6) is 0 Å². The van der Waals surface area contributed by atoms with E-state index in [1.54, 1.807) is 12.4 Å². The summed E-state index contributed by atoms with van der Waals surface area (Å²) in [5.74, 6) is 0.676. The second kappa shape index (κ2) is 9.77. The largest absolute Gasteiger partial charge is 0.388 e. The minimum atomic E-state index is -0.773. The second-order valence-corrected chi connectivity index (χ2v) is 11.9. The number of benzene rings is 1. The van der Waals surface area contributed by atoms with Gasteiger partial charge in [0.25, 0.3) is 0 Å². The van der Waals surface area contributed by atoms with Gasteiger partial charge in [-0.15, -0.1) is 0 Å². The van der Waals surface area contributed by atoms with Gasteiger partial charge in [0, 0.05) is 18.6 Å². The quantitative estimate of drug-likeness (QED) is 0.626. The molecule has 38 heavy (non-hydrogen) atoms. The molecule has 0 atom stereocenters. The minimum Gasteiger partial charge on any atom is -0.388 e. The number of hydrogen-bond acceptors (Lipinski definition) is 7. The summed E-state index contributed by atoms with van der Waals surface area (Å²) in [6.45, 7) is 3.88. The van der Waals surface area contributed by atoms with Crippen molar-refractivity contribution in [3.05, 3.63) is 48.3 Å². The maximum absolute atomic E-state index is 14.0. The summed E-state index contributed by atoms with van der Waals surface area (Å²) in [7, 11) is 4.33. The number of carbonyl (C=O) groups excluding carboxylic acids is 1. The van der Waals surface area contributed by atoms with Gasteiger partial charge >= 0.3 is 6.03 Å². The van der Waals surface area contributed by atoms with Crippen LogP contribution in [0.1, 0.15) is 50.5 Å². The number of carbonyl (C=O) groups is 1. The Morgan fingerprint density at radius 3 is 2.21 bits per heavy atom. The zero-order valence-corrected chi connectivity index (χ0v) is 22.7. The van der Waals surface area contributed by atoms with Crippen LogP contribution in [0.2, 0.25) is 0 Å². The summed E-state index contributed by atoms with van der Waals surface area (Å²) >= 11 is 0. The molecule has 1 spiro atoms. The van der Waals surface area contributed by atoms with Crippen molar-refractivity contribution in [3.63, 3.8) is 0 Å². The van der Waals surface area contributed by atoms with Gasteiger partial charge in [0.05, 0.1) is 55.5 Å². The van der Waals surface area contributed by atoms with E-state index in [1.165, 1.54) is 5.56 Å². The number of morpholine rings is 1. The molecule has 6 rings (SSSR count). The predicted octanol–water partition coefficient (Wildman–Crippen LogP) is 3.24. The van der Waals surface area contributed by atoms with Crippen LogP contribution in [-0.4, -0.2) is 95.5 Å². The van der Waals surface area contributed by atoms with Gasteiger partial charge in [-0.1, -0.05) is 30.3 Å². The first-order valence-electron chi connectivity index (χ1n) is 14.0. The lowest BCUT2D eigenvalue weighted by molar-refractivity contribution is -0.0725. The first-order chi connectivity index (χ1) is 18.3. The summed E-state index contributed by atoms with van der Waals surface area (Å²) in [6, 6.07) is 10.7. The van der Waals surface area contributed by atoms with Gasteiger partial charge in [-0.25, -0.2) is 14.8 Å². The molecular formula is C29H40N6O3. The molecule has 2 amide bonds. The SMILES string of the molecule is CN(C)[C@]1(c2ccccc2)CC[C@@]2(CC1)CN(c1cnc(N3CCOCC3)nc1)C(=O)N2CC1(O)CCC1. The van der Waals surface area contributed by atoms with Gasteiger partial charge < -0.3 is 19.6 Å². The zero-order valence-electron chi connectivity index (χ0n) is 22.7. The Morgan fingerprint density at radius 1 is 0.974 bits per heavy atom. The maximum Gasteiger partial charge on any atom is 0.325 e. The fourth-order valence-electron chi connectivity index (χ4n) is 6.95. The van der Waals surface area contributed by atoms with Gasteiger partial charge in [-0.3, -0.25) is 9.80 Å². The molecule has 0 unspecified atom stereocenters. The average Bonchev–Trinajstić information content (AvgIpc) is 3.20. The van der Waals surface area contributed by atoms with Crippen LogP contribution in [0, 0.1) is 0 Å². The lowest BCUT2D eigenvalue weighted by Crippen LogP contribution is -2.59. The van der Waals surface area contributed by atoms with Gasteiger partial charge in [0.2, 0.25) is 5.95 Å². The van der Waals surface area contributed by atoms with E-state index in [9.17, 15) is 9.90 Å². The molecule has 2 aliphatic carbocycles. The van der Waals surface area contributed by atoms with Crippen molar-refractivity contribution < 1.29 is 14.6 Å². The fourth-order valence-corrected chi connectivity index (χ4v) is 6.95. The Labute approximate surface area is 225 Å². The highest BCUT2D eigenvalue weighted by Gasteiger charge is 2.56. The predicted molar refractivity (Wildman–Crippen MR) is 146 cm³/mol. The minimum absolute atomic E-state index is 0.0369. The van der Waals surface area contributed by atoms with Crippen molar-refractivity contribution >= 4 is 17.7 Å². The topological polar surface area (TPSA) is 85.3 Å². The molecular weight excluding hydrogens is 480 g/mol. The van der Waals surface area contributed by atoms with E-state index in [1.807, 2.05) is 9.80 Å². The van der Waals surface area contributed by atoms with Gasteiger partial charge in [0.15, 0.2) is 0 Å². The Kier molecular flexibility index (Phi) is 6.56. The number of urea groups is 1. The third-order valence-corrected chi connectivity index (χ3v) is 9.63. The summed E-state index contributed by atoms with van der Waals surface area (Å²) < 4.78 is 5.45. The van der Waals surface area contributed by atoms with Crippen LogP contribution in [0.25, 0.3) is 0 Å². The van der Waals surface area contributed by atoms with E-state index in [0.717, 1.165) is 63.7 Å². The molecule has 2 saturated carbocycles. The molecule has 1 aromatic carbocycles. The summed E-state index contributed by atoms with van der Waals surface area (Å²) in [5.41, 5.74) is 0.898. The van der Waals surface area contributed by atoms with Crippen LogP contribution < -0.4 is 9.80 Å². The van der Waals surface area contributed by atoms with E-state index < -0.39 is 5.60 Å². The molecule has 4 fully saturated rings. The van der Waals surface area contributed by atoms with Crippen molar-refractivity contribution in [2.24, 2.45) is 0 Å². The molecule has 2 aromatic rings. The van der Waals surface area contributed by atoms with Gasteiger partial charge in [-0.05, 0) is 64.6 Å². The van der Waals surface area contributed by atoms with E-state index in [-0.39, 0.29) is 17.1 Å². The van der Waals surface area contributed by atoms with E-state index in [4.69, 9.17) is 4.74 Å². The van der Waals surface area contributed by atoms with E-state index in [2.05, 4.69) is 64.2 Å². The van der Waals surface area contributed by atoms with Crippen LogP contribution >= 0.6 is 0 Å². The molecule has 2 aliphatic heterocycles. The second-order valence-electron chi connectivity index (χ2n) is 11.9. The first kappa shape index (κ1) is 25.5. The van der Waals surface area contributed by atoms with Crippen molar-refractivity contribution in [1.29, 1.82) is 0 Å². The number of hydrogen-bond donors (Lipinski definition) is 1. The number of aliphatic hydroxyl groups is 1. The van der Waals surface area contributed by atoms with Crippen molar-refractivity contribution in [2.75, 3.05) is 63.3 Å². The standard InChI is InChI=1S/C29H40N6O3/c1-32(2)29(23-7-4-3-5-8-23)13-11-27(12-14-29)21-34(26(36)35(27)22-28(37)9-6-10-28)24-19-30-25(31-20-24)33-15-17-38-18-16-33/h3-5,7-8,19-20,37H,6,9-18,21-22H2,1-2H3/t27-,29-. The fraction of sp³-hybridized carbons (Fsp3) is 0.621. The zero-order chi connectivity index (χ0) is 26.4. The molecule has 0 radical (unpaired) electrons. The molecule has 1 aromatic heterocycles.